The summed E-state index contributed by atoms with van der Waals surface area (Å²) in [6.45, 7) is 3.27. The smallest absolute Gasteiger partial charge is 0.319 e. The van der Waals surface area contributed by atoms with Crippen LogP contribution in [0.4, 0.5) is 18.0 Å². The van der Waals surface area contributed by atoms with Gasteiger partial charge >= 0.3 is 12.2 Å². The molecule has 1 fully saturated rings. The molecule has 2 aromatic carbocycles. The SMILES string of the molecule is Cc1ccc(C2(C)NC(=O)N(Cc3cccc(C(F)(F)F)c3)C2=O)cc1. The van der Waals surface area contributed by atoms with Crippen LogP contribution in [0.3, 0.4) is 0 Å². The third kappa shape index (κ3) is 3.16. The molecule has 0 saturated carbocycles. The van der Waals surface area contributed by atoms with Gasteiger partial charge in [0.1, 0.15) is 5.54 Å². The Bertz CT molecular complexity index is 862. The minimum atomic E-state index is -4.48. The van der Waals surface area contributed by atoms with Crippen LogP contribution in [0.1, 0.15) is 29.2 Å². The number of amides is 3. The first-order valence-corrected chi connectivity index (χ1v) is 7.98. The number of imide groups is 1. The van der Waals surface area contributed by atoms with E-state index in [9.17, 15) is 22.8 Å². The zero-order valence-corrected chi connectivity index (χ0v) is 14.2. The molecule has 1 aliphatic heterocycles. The summed E-state index contributed by atoms with van der Waals surface area (Å²) in [5.74, 6) is -0.497. The summed E-state index contributed by atoms with van der Waals surface area (Å²) in [7, 11) is 0. The number of hydrogen-bond acceptors (Lipinski definition) is 2. The number of halogens is 3. The van der Waals surface area contributed by atoms with Gasteiger partial charge in [0.15, 0.2) is 0 Å². The fourth-order valence-corrected chi connectivity index (χ4v) is 2.95. The van der Waals surface area contributed by atoms with Gasteiger partial charge in [-0.15, -0.1) is 0 Å². The van der Waals surface area contributed by atoms with Crippen LogP contribution in [0.15, 0.2) is 48.5 Å². The van der Waals surface area contributed by atoms with E-state index < -0.39 is 29.2 Å². The summed E-state index contributed by atoms with van der Waals surface area (Å²) in [4.78, 5) is 26.1. The maximum absolute atomic E-state index is 12.9. The average molecular weight is 362 g/mol. The molecule has 1 N–H and O–H groups in total. The van der Waals surface area contributed by atoms with E-state index >= 15 is 0 Å². The number of aryl methyl sites for hydroxylation is 1. The number of hydrogen-bond donors (Lipinski definition) is 1. The summed E-state index contributed by atoms with van der Waals surface area (Å²) in [6, 6.07) is 11.1. The number of nitrogens with zero attached hydrogens (tertiary/aromatic N) is 1. The Morgan fingerprint density at radius 3 is 2.35 bits per heavy atom. The van der Waals surface area contributed by atoms with Crippen molar-refractivity contribution in [2.75, 3.05) is 0 Å². The highest BCUT2D eigenvalue weighted by Gasteiger charge is 2.48. The summed E-state index contributed by atoms with van der Waals surface area (Å²) < 4.78 is 38.6. The van der Waals surface area contributed by atoms with Crippen molar-refractivity contribution in [2.45, 2.75) is 32.1 Å². The van der Waals surface area contributed by atoms with Crippen LogP contribution in [-0.2, 0) is 23.1 Å². The molecule has 3 rings (SSSR count). The molecule has 0 bridgehead atoms. The lowest BCUT2D eigenvalue weighted by Gasteiger charge is -2.22. The number of nitrogens with one attached hydrogen (secondary N) is 1. The molecule has 0 spiro atoms. The topological polar surface area (TPSA) is 49.4 Å². The zero-order chi connectivity index (χ0) is 19.1. The van der Waals surface area contributed by atoms with Crippen LogP contribution in [0.2, 0.25) is 0 Å². The average Bonchev–Trinajstić information content (AvgIpc) is 2.79. The minimum absolute atomic E-state index is 0.226. The Balaban J connectivity index is 1.87. The number of carbonyl (C=O) groups is 2. The molecule has 2 aromatic rings. The van der Waals surface area contributed by atoms with Gasteiger partial charge in [0.25, 0.3) is 5.91 Å². The lowest BCUT2D eigenvalue weighted by Crippen LogP contribution is -2.40. The van der Waals surface area contributed by atoms with Crippen molar-refractivity contribution >= 4 is 11.9 Å². The monoisotopic (exact) mass is 362 g/mol. The van der Waals surface area contributed by atoms with Crippen LogP contribution in [-0.4, -0.2) is 16.8 Å². The Hall–Kier alpha value is -2.83. The third-order valence-corrected chi connectivity index (χ3v) is 4.50. The molecule has 1 aliphatic rings. The molecule has 1 saturated heterocycles. The van der Waals surface area contributed by atoms with Crippen LogP contribution in [0.25, 0.3) is 0 Å². The predicted molar refractivity (Wildman–Crippen MR) is 89.1 cm³/mol. The second kappa shape index (κ2) is 6.16. The summed E-state index contributed by atoms with van der Waals surface area (Å²) in [6.07, 6.45) is -4.48. The number of alkyl halides is 3. The van der Waals surface area contributed by atoms with Gasteiger partial charge in [-0.05, 0) is 37.1 Å². The van der Waals surface area contributed by atoms with Gasteiger partial charge in [0.05, 0.1) is 12.1 Å². The van der Waals surface area contributed by atoms with E-state index in [0.717, 1.165) is 22.6 Å². The van der Waals surface area contributed by atoms with E-state index in [1.807, 2.05) is 19.1 Å². The highest BCUT2D eigenvalue weighted by molar-refractivity contribution is 6.07. The van der Waals surface area contributed by atoms with Gasteiger partial charge in [-0.2, -0.15) is 13.2 Å². The largest absolute Gasteiger partial charge is 0.416 e. The maximum atomic E-state index is 12.9. The summed E-state index contributed by atoms with van der Waals surface area (Å²) in [5.41, 5.74) is -0.199. The van der Waals surface area contributed by atoms with E-state index in [0.29, 0.717) is 5.56 Å². The number of urea groups is 1. The van der Waals surface area contributed by atoms with Gasteiger partial charge in [-0.1, -0.05) is 42.0 Å². The predicted octanol–water partition coefficient (Wildman–Crippen LogP) is 3.98. The van der Waals surface area contributed by atoms with E-state index in [-0.39, 0.29) is 12.1 Å². The molecule has 0 aromatic heterocycles. The third-order valence-electron chi connectivity index (χ3n) is 4.50. The Morgan fingerprint density at radius 2 is 1.73 bits per heavy atom. The fourth-order valence-electron chi connectivity index (χ4n) is 2.95. The zero-order valence-electron chi connectivity index (χ0n) is 14.2. The first-order valence-electron chi connectivity index (χ1n) is 7.98. The molecule has 3 amide bonds. The van der Waals surface area contributed by atoms with Gasteiger partial charge in [-0.3, -0.25) is 9.69 Å². The van der Waals surface area contributed by atoms with Crippen molar-refractivity contribution in [3.05, 3.63) is 70.8 Å². The molecular weight excluding hydrogens is 345 g/mol. The molecule has 1 unspecified atom stereocenters. The summed E-state index contributed by atoms with van der Waals surface area (Å²) >= 11 is 0. The van der Waals surface area contributed by atoms with Crippen molar-refractivity contribution in [3.8, 4) is 0 Å². The van der Waals surface area contributed by atoms with Crippen LogP contribution in [0, 0.1) is 6.92 Å². The number of benzene rings is 2. The van der Waals surface area contributed by atoms with Crippen LogP contribution >= 0.6 is 0 Å². The van der Waals surface area contributed by atoms with Crippen molar-refractivity contribution in [1.29, 1.82) is 0 Å². The first-order chi connectivity index (χ1) is 12.1. The fraction of sp³-hybridized carbons (Fsp3) is 0.263. The standard InChI is InChI=1S/C19H17F3N2O2/c1-12-6-8-14(9-7-12)18(2)16(25)24(17(26)23-18)11-13-4-3-5-15(10-13)19(20,21)22/h3-10H,11H2,1-2H3,(H,23,26). The summed E-state index contributed by atoms with van der Waals surface area (Å²) in [5, 5.41) is 2.65. The molecule has 136 valence electrons. The molecule has 0 radical (unpaired) electrons. The van der Waals surface area contributed by atoms with E-state index in [4.69, 9.17) is 0 Å². The molecular formula is C19H17F3N2O2. The van der Waals surface area contributed by atoms with E-state index in [2.05, 4.69) is 5.32 Å². The van der Waals surface area contributed by atoms with Crippen LogP contribution in [0.5, 0.6) is 0 Å². The van der Waals surface area contributed by atoms with Crippen molar-refractivity contribution in [3.63, 3.8) is 0 Å². The molecule has 1 atom stereocenters. The van der Waals surface area contributed by atoms with Gasteiger partial charge in [0.2, 0.25) is 0 Å². The van der Waals surface area contributed by atoms with Gasteiger partial charge in [-0.25, -0.2) is 4.79 Å². The van der Waals surface area contributed by atoms with Crippen molar-refractivity contribution < 1.29 is 22.8 Å². The number of rotatable bonds is 3. The Morgan fingerprint density at radius 1 is 1.08 bits per heavy atom. The second-order valence-corrected chi connectivity index (χ2v) is 6.51. The quantitative estimate of drug-likeness (QED) is 0.840. The first kappa shape index (κ1) is 18.0. The van der Waals surface area contributed by atoms with Gasteiger partial charge < -0.3 is 5.32 Å². The molecule has 7 heteroatoms. The Kier molecular flexibility index (Phi) is 4.26. The lowest BCUT2D eigenvalue weighted by atomic mass is 9.91. The minimum Gasteiger partial charge on any atom is -0.319 e. The Labute approximate surface area is 148 Å². The normalized spacial score (nSPS) is 20.4. The second-order valence-electron chi connectivity index (χ2n) is 6.51. The number of carbonyl (C=O) groups excluding carboxylic acids is 2. The van der Waals surface area contributed by atoms with Crippen molar-refractivity contribution in [2.24, 2.45) is 0 Å². The maximum Gasteiger partial charge on any atom is 0.416 e. The van der Waals surface area contributed by atoms with E-state index in [1.54, 1.807) is 19.1 Å². The molecule has 4 nitrogen and oxygen atoms in total. The van der Waals surface area contributed by atoms with Gasteiger partial charge in [0, 0.05) is 0 Å². The highest BCUT2D eigenvalue weighted by atomic mass is 19.4. The molecule has 0 aliphatic carbocycles. The molecule has 1 heterocycles. The van der Waals surface area contributed by atoms with Crippen LogP contribution < -0.4 is 5.32 Å². The van der Waals surface area contributed by atoms with Crippen molar-refractivity contribution in [1.82, 2.24) is 10.2 Å². The van der Waals surface area contributed by atoms with E-state index in [1.165, 1.54) is 12.1 Å². The highest BCUT2D eigenvalue weighted by Crippen LogP contribution is 2.32. The lowest BCUT2D eigenvalue weighted by molar-refractivity contribution is -0.137. The molecule has 26 heavy (non-hydrogen) atoms.